The number of ether oxygens (including phenoxy) is 1. The Morgan fingerprint density at radius 1 is 1.21 bits per heavy atom. The lowest BCUT2D eigenvalue weighted by atomic mass is 10.1. The van der Waals surface area contributed by atoms with Crippen LogP contribution >= 0.6 is 18.7 Å². The van der Waals surface area contributed by atoms with Gasteiger partial charge in [0.2, 0.25) is 11.9 Å². The second-order valence-electron chi connectivity index (χ2n) is 9.99. The number of hydrogen-bond donors (Lipinski definition) is 3. The molecule has 204 valence electrons. The van der Waals surface area contributed by atoms with Crippen LogP contribution < -0.4 is 30.9 Å². The van der Waals surface area contributed by atoms with E-state index >= 15 is 0 Å². The second-order valence-corrected chi connectivity index (χ2v) is 13.6. The van der Waals surface area contributed by atoms with Gasteiger partial charge in [-0.1, -0.05) is 30.3 Å². The molecule has 0 unspecified atom stereocenters. The summed E-state index contributed by atoms with van der Waals surface area (Å²) in [5.74, 6) is 0.986. The molecule has 1 amide bonds. The van der Waals surface area contributed by atoms with E-state index in [0.717, 1.165) is 25.3 Å². The van der Waals surface area contributed by atoms with Crippen LogP contribution in [0.25, 0.3) is 0 Å². The van der Waals surface area contributed by atoms with E-state index in [1.54, 1.807) is 13.3 Å². The molecule has 3 N–H and O–H groups in total. The molecule has 1 aromatic heterocycles. The van der Waals surface area contributed by atoms with Gasteiger partial charge in [-0.05, 0) is 44.7 Å². The number of nitrogens with zero attached hydrogens (tertiary/aromatic N) is 4. The molecule has 12 heteroatoms. The van der Waals surface area contributed by atoms with E-state index in [4.69, 9.17) is 16.3 Å². The summed E-state index contributed by atoms with van der Waals surface area (Å²) in [6.45, 7) is 10.2. The van der Waals surface area contributed by atoms with Crippen molar-refractivity contribution in [3.05, 3.63) is 60.3 Å². The zero-order valence-corrected chi connectivity index (χ0v) is 23.7. The Labute approximate surface area is 232 Å². The lowest BCUT2D eigenvalue weighted by molar-refractivity contribution is -0.111. The molecule has 0 saturated carbocycles. The van der Waals surface area contributed by atoms with Gasteiger partial charge in [-0.25, -0.2) is 4.98 Å². The van der Waals surface area contributed by atoms with Crippen molar-refractivity contribution >= 4 is 64.5 Å². The quantitative estimate of drug-likeness (QED) is 0.280. The average Bonchev–Trinajstić information content (AvgIpc) is 2.90. The summed E-state index contributed by atoms with van der Waals surface area (Å²) in [4.78, 5) is 25.8. The maximum Gasteiger partial charge on any atom is 0.247 e. The van der Waals surface area contributed by atoms with Gasteiger partial charge in [-0.3, -0.25) is 4.79 Å². The van der Waals surface area contributed by atoms with Crippen molar-refractivity contribution in [2.75, 3.05) is 67.5 Å². The minimum absolute atomic E-state index is 0.187. The summed E-state index contributed by atoms with van der Waals surface area (Å²) < 4.78 is 19.0. The minimum Gasteiger partial charge on any atom is -0.489 e. The van der Waals surface area contributed by atoms with Crippen LogP contribution in [-0.2, 0) is 9.36 Å². The molecule has 1 atom stereocenters. The van der Waals surface area contributed by atoms with Crippen molar-refractivity contribution in [3.8, 4) is 5.75 Å². The van der Waals surface area contributed by atoms with Crippen molar-refractivity contribution in [1.82, 2.24) is 14.9 Å². The summed E-state index contributed by atoms with van der Waals surface area (Å²) in [6.07, 6.45) is 2.73. The SMILES string of the molecule is C=CC(=O)Nc1cc(Nc2ncc(Cl)c(Nc3ccccc3P(C)(C)=O)n2)cc2c1N1CCN(C)C[C@H]1CO2. The highest BCUT2D eigenvalue weighted by molar-refractivity contribution is 7.70. The number of benzene rings is 2. The molecule has 3 heterocycles. The van der Waals surface area contributed by atoms with Crippen molar-refractivity contribution in [1.29, 1.82) is 0 Å². The van der Waals surface area contributed by atoms with Gasteiger partial charge in [0.25, 0.3) is 0 Å². The highest BCUT2D eigenvalue weighted by Gasteiger charge is 2.34. The predicted molar refractivity (Wildman–Crippen MR) is 159 cm³/mol. The Balaban J connectivity index is 1.47. The fraction of sp³-hybridized carbons (Fsp3) is 0.296. The molecule has 1 saturated heterocycles. The first-order valence-electron chi connectivity index (χ1n) is 12.5. The number of aromatic nitrogens is 2. The molecule has 10 nitrogen and oxygen atoms in total. The summed E-state index contributed by atoms with van der Waals surface area (Å²) in [5, 5.41) is 10.3. The predicted octanol–water partition coefficient (Wildman–Crippen LogP) is 4.50. The molecular formula is C27H31ClN7O3P. The van der Waals surface area contributed by atoms with Crippen LogP contribution in [0.2, 0.25) is 5.02 Å². The molecule has 39 heavy (non-hydrogen) atoms. The number of amides is 1. The fourth-order valence-electron chi connectivity index (χ4n) is 4.82. The third-order valence-corrected chi connectivity index (χ3v) is 8.49. The number of likely N-dealkylation sites (N-methyl/N-ethyl adjacent to an activating group) is 1. The first kappa shape index (κ1) is 27.0. The monoisotopic (exact) mass is 567 g/mol. The third-order valence-electron chi connectivity index (χ3n) is 6.66. The van der Waals surface area contributed by atoms with Crippen LogP contribution in [0.4, 0.5) is 34.5 Å². The van der Waals surface area contributed by atoms with Gasteiger partial charge in [0.05, 0.1) is 23.6 Å². The number of nitrogens with one attached hydrogen (secondary N) is 3. The number of piperazine rings is 1. The molecule has 0 bridgehead atoms. The highest BCUT2D eigenvalue weighted by atomic mass is 35.5. The first-order valence-corrected chi connectivity index (χ1v) is 15.5. The van der Waals surface area contributed by atoms with E-state index in [9.17, 15) is 9.36 Å². The maximum absolute atomic E-state index is 12.8. The van der Waals surface area contributed by atoms with Crippen molar-refractivity contribution in [2.45, 2.75) is 6.04 Å². The molecule has 0 radical (unpaired) electrons. The standard InChI is InChI=1S/C27H31ClN7O3P/c1-5-24(36)31-21-12-17(13-22-25(21)35-11-10-34(2)15-18(35)16-38-22)30-27-29-14-19(28)26(33-27)32-20-8-6-7-9-23(20)39(3,4)37/h5-9,12-14,18H,1,10-11,15-16H2,2-4H3,(H,31,36)(H2,29,30,32,33)/t18-/m0/s1. The van der Waals surface area contributed by atoms with E-state index in [0.29, 0.717) is 45.6 Å². The molecule has 3 aromatic rings. The Kier molecular flexibility index (Phi) is 7.53. The van der Waals surface area contributed by atoms with E-state index < -0.39 is 7.14 Å². The molecule has 2 aromatic carbocycles. The number of anilines is 6. The van der Waals surface area contributed by atoms with Crippen LogP contribution in [0, 0.1) is 0 Å². The van der Waals surface area contributed by atoms with E-state index in [-0.39, 0.29) is 17.9 Å². The summed E-state index contributed by atoms with van der Waals surface area (Å²) in [6, 6.07) is 11.3. The third kappa shape index (κ3) is 5.88. The van der Waals surface area contributed by atoms with Gasteiger partial charge in [0, 0.05) is 36.7 Å². The average molecular weight is 568 g/mol. The largest absolute Gasteiger partial charge is 0.489 e. The van der Waals surface area contributed by atoms with Crippen molar-refractivity contribution in [3.63, 3.8) is 0 Å². The zero-order valence-electron chi connectivity index (χ0n) is 22.1. The number of para-hydroxylation sites is 1. The second kappa shape index (κ2) is 10.9. The number of halogens is 1. The Hall–Kier alpha value is -3.59. The fourth-order valence-corrected chi connectivity index (χ4v) is 6.11. The van der Waals surface area contributed by atoms with Gasteiger partial charge in [-0.15, -0.1) is 0 Å². The first-order chi connectivity index (χ1) is 18.6. The van der Waals surface area contributed by atoms with Crippen LogP contribution in [0.1, 0.15) is 0 Å². The molecular weight excluding hydrogens is 537 g/mol. The maximum atomic E-state index is 12.8. The van der Waals surface area contributed by atoms with Crippen LogP contribution in [0.5, 0.6) is 5.75 Å². The van der Waals surface area contributed by atoms with Crippen LogP contribution in [0.15, 0.2) is 55.3 Å². The van der Waals surface area contributed by atoms with E-state index in [2.05, 4.69) is 49.3 Å². The molecule has 0 aliphatic carbocycles. The topological polar surface area (TPSA) is 112 Å². The van der Waals surface area contributed by atoms with Crippen molar-refractivity contribution < 1.29 is 14.1 Å². The smallest absolute Gasteiger partial charge is 0.247 e. The van der Waals surface area contributed by atoms with E-state index in [1.165, 1.54) is 12.3 Å². The number of hydrogen-bond acceptors (Lipinski definition) is 9. The Bertz CT molecular complexity index is 1480. The number of fused-ring (bicyclic) bond motifs is 3. The molecule has 2 aliphatic heterocycles. The van der Waals surface area contributed by atoms with Crippen molar-refractivity contribution in [2.24, 2.45) is 0 Å². The van der Waals surface area contributed by atoms with Crippen LogP contribution in [0.3, 0.4) is 0 Å². The molecule has 1 fully saturated rings. The Morgan fingerprint density at radius 3 is 2.77 bits per heavy atom. The number of carbonyl (C=O) groups excluding carboxylic acids is 1. The minimum atomic E-state index is -2.55. The normalized spacial score (nSPS) is 16.9. The van der Waals surface area contributed by atoms with Gasteiger partial charge in [0.15, 0.2) is 5.82 Å². The summed E-state index contributed by atoms with van der Waals surface area (Å²) in [7, 11) is -0.452. The molecule has 2 aliphatic rings. The molecule has 5 rings (SSSR count). The van der Waals surface area contributed by atoms with Gasteiger partial charge in [0.1, 0.15) is 30.2 Å². The van der Waals surface area contributed by atoms with Gasteiger partial charge in [-0.2, -0.15) is 4.98 Å². The lowest BCUT2D eigenvalue weighted by Gasteiger charge is -2.45. The molecule has 0 spiro atoms. The van der Waals surface area contributed by atoms with Crippen LogP contribution in [-0.4, -0.2) is 73.4 Å². The number of carbonyl (C=O) groups is 1. The highest BCUT2D eigenvalue weighted by Crippen LogP contribution is 2.44. The zero-order chi connectivity index (χ0) is 27.7. The summed E-state index contributed by atoms with van der Waals surface area (Å²) >= 11 is 6.41. The summed E-state index contributed by atoms with van der Waals surface area (Å²) in [5.41, 5.74) is 2.74. The van der Waals surface area contributed by atoms with Gasteiger partial charge >= 0.3 is 0 Å². The van der Waals surface area contributed by atoms with Gasteiger partial charge < -0.3 is 35.1 Å². The number of rotatable bonds is 7. The Morgan fingerprint density at radius 2 is 2.00 bits per heavy atom. The lowest BCUT2D eigenvalue weighted by Crippen LogP contribution is -2.56. The van der Waals surface area contributed by atoms with E-state index in [1.807, 2.05) is 36.4 Å².